The quantitative estimate of drug-likeness (QED) is 0.803. The van der Waals surface area contributed by atoms with Crippen molar-refractivity contribution in [2.75, 3.05) is 46.3 Å². The van der Waals surface area contributed by atoms with Gasteiger partial charge in [0.05, 0.1) is 0 Å². The zero-order valence-corrected chi connectivity index (χ0v) is 11.8. The minimum atomic E-state index is 0.351. The van der Waals surface area contributed by atoms with Crippen LogP contribution < -0.4 is 5.32 Å². The first-order valence-corrected chi connectivity index (χ1v) is 7.27. The molecule has 2 fully saturated rings. The molecular weight excluding hydrogens is 210 g/mol. The summed E-state index contributed by atoms with van der Waals surface area (Å²) in [4.78, 5) is 5.15. The molecule has 100 valence electrons. The maximum absolute atomic E-state index is 3.67. The maximum Gasteiger partial charge on any atom is 0.0278 e. The van der Waals surface area contributed by atoms with Gasteiger partial charge in [-0.25, -0.2) is 0 Å². The molecule has 0 radical (unpaired) electrons. The van der Waals surface area contributed by atoms with E-state index in [-0.39, 0.29) is 0 Å². The van der Waals surface area contributed by atoms with Gasteiger partial charge in [-0.3, -0.25) is 4.90 Å². The normalized spacial score (nSPS) is 34.1. The van der Waals surface area contributed by atoms with Gasteiger partial charge in [0.2, 0.25) is 0 Å². The number of piperidine rings is 1. The monoisotopic (exact) mass is 239 g/mol. The summed E-state index contributed by atoms with van der Waals surface area (Å²) in [5.41, 5.74) is 0.351. The Hall–Kier alpha value is -0.120. The summed E-state index contributed by atoms with van der Waals surface area (Å²) >= 11 is 0. The third-order valence-electron chi connectivity index (χ3n) is 4.69. The average Bonchev–Trinajstić information content (AvgIpc) is 2.32. The lowest BCUT2D eigenvalue weighted by Gasteiger charge is -2.43. The Labute approximate surface area is 107 Å². The number of likely N-dealkylation sites (tertiary alicyclic amines) is 1. The average molecular weight is 239 g/mol. The van der Waals surface area contributed by atoms with Gasteiger partial charge in [0.15, 0.2) is 0 Å². The first-order chi connectivity index (χ1) is 8.11. The fourth-order valence-corrected chi connectivity index (χ4v) is 3.15. The summed E-state index contributed by atoms with van der Waals surface area (Å²) in [6, 6.07) is 0. The molecule has 0 saturated carbocycles. The van der Waals surface area contributed by atoms with Gasteiger partial charge >= 0.3 is 0 Å². The van der Waals surface area contributed by atoms with Crippen molar-refractivity contribution in [3.63, 3.8) is 0 Å². The predicted octanol–water partition coefficient (Wildman–Crippen LogP) is 1.40. The maximum atomic E-state index is 3.67. The fourth-order valence-electron chi connectivity index (χ4n) is 3.15. The summed E-state index contributed by atoms with van der Waals surface area (Å²) in [6.45, 7) is 12.2. The van der Waals surface area contributed by atoms with Crippen molar-refractivity contribution in [2.24, 2.45) is 5.92 Å². The lowest BCUT2D eigenvalue weighted by molar-refractivity contribution is 0.102. The minimum Gasteiger partial charge on any atom is -0.309 e. The van der Waals surface area contributed by atoms with Crippen LogP contribution in [0.2, 0.25) is 0 Å². The van der Waals surface area contributed by atoms with Crippen LogP contribution in [0.4, 0.5) is 0 Å². The molecule has 2 saturated heterocycles. The first-order valence-electron chi connectivity index (χ1n) is 7.27. The van der Waals surface area contributed by atoms with Crippen LogP contribution in [0.25, 0.3) is 0 Å². The fraction of sp³-hybridized carbons (Fsp3) is 1.00. The van der Waals surface area contributed by atoms with Crippen LogP contribution in [0, 0.1) is 5.92 Å². The summed E-state index contributed by atoms with van der Waals surface area (Å²) in [5, 5.41) is 3.67. The Morgan fingerprint density at radius 2 is 1.94 bits per heavy atom. The van der Waals surface area contributed by atoms with Gasteiger partial charge in [-0.2, -0.15) is 0 Å². The minimum absolute atomic E-state index is 0.351. The molecule has 0 spiro atoms. The smallest absolute Gasteiger partial charge is 0.0278 e. The van der Waals surface area contributed by atoms with Gasteiger partial charge in [0.25, 0.3) is 0 Å². The van der Waals surface area contributed by atoms with E-state index in [1.54, 1.807) is 0 Å². The Morgan fingerprint density at radius 1 is 1.24 bits per heavy atom. The number of piperazine rings is 1. The van der Waals surface area contributed by atoms with Crippen LogP contribution in [0.3, 0.4) is 0 Å². The molecule has 3 nitrogen and oxygen atoms in total. The van der Waals surface area contributed by atoms with E-state index in [1.807, 2.05) is 0 Å². The number of rotatable bonds is 3. The van der Waals surface area contributed by atoms with Gasteiger partial charge in [0, 0.05) is 31.7 Å². The molecule has 1 atom stereocenters. The van der Waals surface area contributed by atoms with E-state index in [0.29, 0.717) is 5.54 Å². The van der Waals surface area contributed by atoms with Gasteiger partial charge in [0.1, 0.15) is 0 Å². The highest BCUT2D eigenvalue weighted by atomic mass is 15.2. The van der Waals surface area contributed by atoms with Crippen LogP contribution >= 0.6 is 0 Å². The number of nitrogens with one attached hydrogen (secondary N) is 1. The second-order valence-corrected chi connectivity index (χ2v) is 6.32. The highest BCUT2D eigenvalue weighted by molar-refractivity contribution is 4.90. The van der Waals surface area contributed by atoms with Gasteiger partial charge < -0.3 is 10.2 Å². The molecule has 17 heavy (non-hydrogen) atoms. The van der Waals surface area contributed by atoms with Crippen LogP contribution in [-0.4, -0.2) is 61.7 Å². The molecule has 0 aromatic carbocycles. The van der Waals surface area contributed by atoms with E-state index in [1.165, 1.54) is 52.0 Å². The van der Waals surface area contributed by atoms with Crippen molar-refractivity contribution in [1.29, 1.82) is 0 Å². The predicted molar refractivity (Wildman–Crippen MR) is 73.4 cm³/mol. The summed E-state index contributed by atoms with van der Waals surface area (Å²) in [6.07, 6.45) is 4.02. The topological polar surface area (TPSA) is 18.5 Å². The summed E-state index contributed by atoms with van der Waals surface area (Å²) in [7, 11) is 2.25. The molecule has 0 aliphatic carbocycles. The Kier molecular flexibility index (Phi) is 4.45. The SMILES string of the molecule is CCC1(C)CN(CC2CCN(C)CC2)CCN1. The number of nitrogens with zero attached hydrogens (tertiary/aromatic N) is 2. The molecule has 2 aliphatic rings. The van der Waals surface area contributed by atoms with E-state index in [0.717, 1.165) is 12.5 Å². The number of hydrogen-bond acceptors (Lipinski definition) is 3. The van der Waals surface area contributed by atoms with E-state index < -0.39 is 0 Å². The highest BCUT2D eigenvalue weighted by Gasteiger charge is 2.30. The van der Waals surface area contributed by atoms with E-state index in [9.17, 15) is 0 Å². The Bertz CT molecular complexity index is 236. The highest BCUT2D eigenvalue weighted by Crippen LogP contribution is 2.21. The summed E-state index contributed by atoms with van der Waals surface area (Å²) < 4.78 is 0. The van der Waals surface area contributed by atoms with Crippen LogP contribution in [0.15, 0.2) is 0 Å². The van der Waals surface area contributed by atoms with Gasteiger partial charge in [-0.05, 0) is 52.2 Å². The Balaban J connectivity index is 1.79. The van der Waals surface area contributed by atoms with Crippen LogP contribution in [0.5, 0.6) is 0 Å². The zero-order valence-electron chi connectivity index (χ0n) is 11.8. The number of hydrogen-bond donors (Lipinski definition) is 1. The largest absolute Gasteiger partial charge is 0.309 e. The molecular formula is C14H29N3. The molecule has 0 aromatic rings. The molecule has 1 N–H and O–H groups in total. The molecule has 0 aromatic heterocycles. The second-order valence-electron chi connectivity index (χ2n) is 6.32. The van der Waals surface area contributed by atoms with E-state index in [2.05, 4.69) is 36.0 Å². The zero-order chi connectivity index (χ0) is 12.3. The first kappa shape index (κ1) is 13.3. The Morgan fingerprint density at radius 3 is 2.59 bits per heavy atom. The molecule has 1 unspecified atom stereocenters. The third kappa shape index (κ3) is 3.67. The van der Waals surface area contributed by atoms with E-state index in [4.69, 9.17) is 0 Å². The third-order valence-corrected chi connectivity index (χ3v) is 4.69. The van der Waals surface area contributed by atoms with Crippen molar-refractivity contribution in [3.05, 3.63) is 0 Å². The van der Waals surface area contributed by atoms with Crippen LogP contribution in [0.1, 0.15) is 33.1 Å². The van der Waals surface area contributed by atoms with Gasteiger partial charge in [-0.1, -0.05) is 6.92 Å². The molecule has 2 heterocycles. The van der Waals surface area contributed by atoms with Crippen molar-refractivity contribution < 1.29 is 0 Å². The van der Waals surface area contributed by atoms with Crippen molar-refractivity contribution in [3.8, 4) is 0 Å². The molecule has 0 amide bonds. The van der Waals surface area contributed by atoms with Crippen molar-refractivity contribution in [1.82, 2.24) is 15.1 Å². The standard InChI is InChI=1S/C14H29N3/c1-4-14(2)12-17(10-7-15-14)11-13-5-8-16(3)9-6-13/h13,15H,4-12H2,1-3H3. The summed E-state index contributed by atoms with van der Waals surface area (Å²) in [5.74, 6) is 0.936. The lowest BCUT2D eigenvalue weighted by Crippen LogP contribution is -2.59. The lowest BCUT2D eigenvalue weighted by atomic mass is 9.92. The van der Waals surface area contributed by atoms with Crippen LogP contribution in [-0.2, 0) is 0 Å². The van der Waals surface area contributed by atoms with Crippen molar-refractivity contribution in [2.45, 2.75) is 38.6 Å². The molecule has 0 bridgehead atoms. The second kappa shape index (κ2) is 5.68. The van der Waals surface area contributed by atoms with Crippen molar-refractivity contribution >= 4 is 0 Å². The molecule has 2 aliphatic heterocycles. The molecule has 3 heteroatoms. The molecule has 2 rings (SSSR count). The van der Waals surface area contributed by atoms with E-state index >= 15 is 0 Å². The van der Waals surface area contributed by atoms with Gasteiger partial charge in [-0.15, -0.1) is 0 Å².